The van der Waals surface area contributed by atoms with Crippen LogP contribution in [0.2, 0.25) is 0 Å². The summed E-state index contributed by atoms with van der Waals surface area (Å²) in [5.41, 5.74) is -1.25. The Hall–Kier alpha value is -1.89. The Balaban J connectivity index is 2.51. The molecule has 1 amide bonds. The van der Waals surface area contributed by atoms with Gasteiger partial charge in [0.1, 0.15) is 5.69 Å². The third-order valence-electron chi connectivity index (χ3n) is 2.11. The second-order valence-corrected chi connectivity index (χ2v) is 4.12. The minimum Gasteiger partial charge on any atom is -0.481 e. The summed E-state index contributed by atoms with van der Waals surface area (Å²) >= 11 is 0. The highest BCUT2D eigenvalue weighted by molar-refractivity contribution is 5.92. The number of carbonyl (C=O) groups is 2. The van der Waals surface area contributed by atoms with Crippen molar-refractivity contribution in [2.24, 2.45) is 7.05 Å². The van der Waals surface area contributed by atoms with Crippen LogP contribution in [0.25, 0.3) is 0 Å². The molecule has 0 aromatic carbocycles. The summed E-state index contributed by atoms with van der Waals surface area (Å²) in [5.74, 6) is -1.57. The summed E-state index contributed by atoms with van der Waals surface area (Å²) in [6, 6.07) is 1.53. The van der Waals surface area contributed by atoms with E-state index in [-0.39, 0.29) is 12.2 Å². The average molecular weight is 241 g/mol. The molecular formula is C10H15N3O4. The van der Waals surface area contributed by atoms with Crippen LogP contribution in [0, 0.1) is 0 Å². The normalized spacial score (nSPS) is 14.1. The molecule has 0 spiro atoms. The van der Waals surface area contributed by atoms with E-state index < -0.39 is 23.9 Å². The van der Waals surface area contributed by atoms with Gasteiger partial charge in [0.25, 0.3) is 5.91 Å². The van der Waals surface area contributed by atoms with Crippen LogP contribution < -0.4 is 5.32 Å². The van der Waals surface area contributed by atoms with Crippen molar-refractivity contribution in [3.05, 3.63) is 18.0 Å². The van der Waals surface area contributed by atoms with Gasteiger partial charge in [-0.15, -0.1) is 0 Å². The first-order chi connectivity index (χ1) is 7.80. The maximum absolute atomic E-state index is 11.5. The van der Waals surface area contributed by atoms with E-state index in [1.165, 1.54) is 17.7 Å². The number of carboxylic acids is 1. The van der Waals surface area contributed by atoms with Crippen LogP contribution in [0.3, 0.4) is 0 Å². The second kappa shape index (κ2) is 4.96. The highest BCUT2D eigenvalue weighted by atomic mass is 16.4. The quantitative estimate of drug-likeness (QED) is 0.637. The summed E-state index contributed by atoms with van der Waals surface area (Å²) < 4.78 is 1.48. The van der Waals surface area contributed by atoms with E-state index in [9.17, 15) is 14.7 Å². The largest absolute Gasteiger partial charge is 0.481 e. The lowest BCUT2D eigenvalue weighted by atomic mass is 10.0. The maximum atomic E-state index is 11.5. The number of amides is 1. The van der Waals surface area contributed by atoms with Gasteiger partial charge in [0.15, 0.2) is 0 Å². The molecule has 1 unspecified atom stereocenters. The molecule has 0 saturated heterocycles. The first-order valence-electron chi connectivity index (χ1n) is 5.02. The van der Waals surface area contributed by atoms with Gasteiger partial charge in [-0.1, -0.05) is 0 Å². The molecule has 0 bridgehead atoms. The third-order valence-corrected chi connectivity index (χ3v) is 2.11. The monoisotopic (exact) mass is 241 g/mol. The number of rotatable bonds is 5. The summed E-state index contributed by atoms with van der Waals surface area (Å²) in [6.45, 7) is 1.20. The van der Waals surface area contributed by atoms with Crippen molar-refractivity contribution in [3.63, 3.8) is 0 Å². The fourth-order valence-electron chi connectivity index (χ4n) is 1.29. The topological polar surface area (TPSA) is 104 Å². The van der Waals surface area contributed by atoms with Crippen molar-refractivity contribution in [2.45, 2.75) is 18.9 Å². The summed E-state index contributed by atoms with van der Waals surface area (Å²) in [7, 11) is 1.68. The van der Waals surface area contributed by atoms with Gasteiger partial charge in [-0.25, -0.2) is 0 Å². The Morgan fingerprint density at radius 3 is 2.71 bits per heavy atom. The first kappa shape index (κ1) is 13.2. The second-order valence-electron chi connectivity index (χ2n) is 4.12. The molecule has 1 aromatic rings. The van der Waals surface area contributed by atoms with Gasteiger partial charge in [0, 0.05) is 19.8 Å². The number of aromatic nitrogens is 2. The standard InChI is InChI=1S/C10H15N3O4/c1-10(17,5-8(14)15)6-11-9(16)7-3-4-13(2)12-7/h3-4,17H,5-6H2,1-2H3,(H,11,16)(H,14,15). The predicted octanol–water partition coefficient (Wildman–Crippen LogP) is -0.624. The minimum atomic E-state index is -1.48. The van der Waals surface area contributed by atoms with Crippen LogP contribution >= 0.6 is 0 Å². The number of hydrogen-bond donors (Lipinski definition) is 3. The number of aryl methyl sites for hydroxylation is 1. The number of hydrogen-bond acceptors (Lipinski definition) is 4. The zero-order valence-corrected chi connectivity index (χ0v) is 9.67. The SMILES string of the molecule is Cn1ccc(C(=O)NCC(C)(O)CC(=O)O)n1. The van der Waals surface area contributed by atoms with Crippen molar-refractivity contribution < 1.29 is 19.8 Å². The molecule has 0 radical (unpaired) electrons. The van der Waals surface area contributed by atoms with Gasteiger partial charge in [-0.2, -0.15) is 5.10 Å². The number of carboxylic acid groups (broad SMARTS) is 1. The molecule has 7 heteroatoms. The molecule has 1 rings (SSSR count). The fraction of sp³-hybridized carbons (Fsp3) is 0.500. The summed E-state index contributed by atoms with van der Waals surface area (Å²) in [4.78, 5) is 22.0. The van der Waals surface area contributed by atoms with Crippen molar-refractivity contribution in [1.29, 1.82) is 0 Å². The summed E-state index contributed by atoms with van der Waals surface area (Å²) in [5, 5.41) is 24.5. The van der Waals surface area contributed by atoms with Gasteiger partial charge >= 0.3 is 5.97 Å². The number of aliphatic hydroxyl groups is 1. The number of aliphatic carboxylic acids is 1. The molecule has 0 aliphatic heterocycles. The van der Waals surface area contributed by atoms with Crippen LogP contribution in [0.1, 0.15) is 23.8 Å². The van der Waals surface area contributed by atoms with Gasteiger partial charge in [-0.05, 0) is 13.0 Å². The minimum absolute atomic E-state index is 0.144. The molecule has 94 valence electrons. The Morgan fingerprint density at radius 1 is 1.59 bits per heavy atom. The molecule has 7 nitrogen and oxygen atoms in total. The maximum Gasteiger partial charge on any atom is 0.306 e. The van der Waals surface area contributed by atoms with Crippen LogP contribution in [0.5, 0.6) is 0 Å². The molecule has 0 fully saturated rings. The molecule has 0 saturated carbocycles. The van der Waals surface area contributed by atoms with Crippen LogP contribution in [0.15, 0.2) is 12.3 Å². The van der Waals surface area contributed by atoms with Crippen molar-refractivity contribution in [2.75, 3.05) is 6.54 Å². The van der Waals surface area contributed by atoms with E-state index in [0.29, 0.717) is 0 Å². The first-order valence-corrected chi connectivity index (χ1v) is 5.02. The number of nitrogens with one attached hydrogen (secondary N) is 1. The third kappa shape index (κ3) is 4.23. The fourth-order valence-corrected chi connectivity index (χ4v) is 1.29. The van der Waals surface area contributed by atoms with Gasteiger partial charge < -0.3 is 15.5 Å². The average Bonchev–Trinajstić information content (AvgIpc) is 2.59. The molecule has 17 heavy (non-hydrogen) atoms. The molecule has 1 aromatic heterocycles. The van der Waals surface area contributed by atoms with Gasteiger partial charge in [-0.3, -0.25) is 14.3 Å². The lowest BCUT2D eigenvalue weighted by Gasteiger charge is -2.20. The number of carbonyl (C=O) groups excluding carboxylic acids is 1. The zero-order chi connectivity index (χ0) is 13.1. The van der Waals surface area contributed by atoms with Crippen molar-refractivity contribution in [3.8, 4) is 0 Å². The zero-order valence-electron chi connectivity index (χ0n) is 9.67. The Bertz CT molecular complexity index is 425. The van der Waals surface area contributed by atoms with E-state index >= 15 is 0 Å². The van der Waals surface area contributed by atoms with E-state index in [2.05, 4.69) is 10.4 Å². The van der Waals surface area contributed by atoms with Crippen LogP contribution in [-0.4, -0.2) is 44.0 Å². The number of nitrogens with zero attached hydrogens (tertiary/aromatic N) is 2. The van der Waals surface area contributed by atoms with Crippen LogP contribution in [0.4, 0.5) is 0 Å². The molecule has 3 N–H and O–H groups in total. The molecule has 1 atom stereocenters. The van der Waals surface area contributed by atoms with E-state index in [1.807, 2.05) is 0 Å². The molecule has 0 aliphatic rings. The van der Waals surface area contributed by atoms with Crippen LogP contribution in [-0.2, 0) is 11.8 Å². The molecule has 0 aliphatic carbocycles. The molecular weight excluding hydrogens is 226 g/mol. The van der Waals surface area contributed by atoms with E-state index in [0.717, 1.165) is 0 Å². The smallest absolute Gasteiger partial charge is 0.306 e. The van der Waals surface area contributed by atoms with Gasteiger partial charge in [0.05, 0.1) is 12.0 Å². The van der Waals surface area contributed by atoms with Crippen molar-refractivity contribution in [1.82, 2.24) is 15.1 Å². The highest BCUT2D eigenvalue weighted by Crippen LogP contribution is 2.07. The Labute approximate surface area is 98.1 Å². The predicted molar refractivity (Wildman–Crippen MR) is 58.4 cm³/mol. The van der Waals surface area contributed by atoms with Crippen molar-refractivity contribution >= 4 is 11.9 Å². The highest BCUT2D eigenvalue weighted by Gasteiger charge is 2.25. The summed E-state index contributed by atoms with van der Waals surface area (Å²) in [6.07, 6.45) is 1.18. The Kier molecular flexibility index (Phi) is 3.84. The lowest BCUT2D eigenvalue weighted by Crippen LogP contribution is -2.42. The Morgan fingerprint density at radius 2 is 2.24 bits per heavy atom. The van der Waals surface area contributed by atoms with E-state index in [1.54, 1.807) is 13.2 Å². The molecule has 1 heterocycles. The van der Waals surface area contributed by atoms with Gasteiger partial charge in [0.2, 0.25) is 0 Å². The lowest BCUT2D eigenvalue weighted by molar-refractivity contribution is -0.141. The van der Waals surface area contributed by atoms with E-state index in [4.69, 9.17) is 5.11 Å².